The zero-order valence-corrected chi connectivity index (χ0v) is 17.6. The molecule has 0 aliphatic carbocycles. The Morgan fingerprint density at radius 2 is 1.70 bits per heavy atom. The summed E-state index contributed by atoms with van der Waals surface area (Å²) in [7, 11) is 4.10. The molecule has 3 rings (SSSR count). The third-order valence-electron chi connectivity index (χ3n) is 4.84. The van der Waals surface area contributed by atoms with Crippen molar-refractivity contribution in [2.75, 3.05) is 32.1 Å². The van der Waals surface area contributed by atoms with Crippen molar-refractivity contribution in [3.63, 3.8) is 0 Å². The second kappa shape index (κ2) is 8.19. The van der Waals surface area contributed by atoms with Crippen LogP contribution >= 0.6 is 11.3 Å². The molecular formula is C22H27N3OS. The Morgan fingerprint density at radius 1 is 1.00 bits per heavy atom. The Morgan fingerprint density at radius 3 is 2.37 bits per heavy atom. The maximum Gasteiger partial charge on any atom is 0.260 e. The summed E-state index contributed by atoms with van der Waals surface area (Å²) in [6.45, 7) is 7.81. The van der Waals surface area contributed by atoms with E-state index in [0.29, 0.717) is 12.1 Å². The minimum Gasteiger partial charge on any atom is -0.309 e. The number of carbonyl (C=O) groups excluding carboxylic acids is 1. The van der Waals surface area contributed by atoms with E-state index in [9.17, 15) is 4.79 Å². The summed E-state index contributed by atoms with van der Waals surface area (Å²) in [4.78, 5) is 22.1. The van der Waals surface area contributed by atoms with Crippen molar-refractivity contribution in [3.05, 3.63) is 58.7 Å². The van der Waals surface area contributed by atoms with Crippen LogP contribution in [0, 0.1) is 20.8 Å². The summed E-state index contributed by atoms with van der Waals surface area (Å²) in [5.41, 5.74) is 5.27. The molecule has 27 heavy (non-hydrogen) atoms. The highest BCUT2D eigenvalue weighted by molar-refractivity contribution is 7.22. The van der Waals surface area contributed by atoms with Gasteiger partial charge in [-0.15, -0.1) is 0 Å². The molecule has 0 unspecified atom stereocenters. The standard InChI is InChI=1S/C22H27N3OS/c1-15-7-10-18(11-8-15)21(26)25(14-6-13-24(4)5)22-23-20-17(3)16(2)9-12-19(20)27-22/h7-12H,6,13-14H2,1-5H3. The minimum absolute atomic E-state index is 0.0159. The molecule has 3 aromatic rings. The lowest BCUT2D eigenvalue weighted by Gasteiger charge is -2.21. The van der Waals surface area contributed by atoms with Crippen molar-refractivity contribution in [1.29, 1.82) is 0 Å². The number of benzene rings is 2. The summed E-state index contributed by atoms with van der Waals surface area (Å²) in [6, 6.07) is 12.0. The van der Waals surface area contributed by atoms with Crippen LogP contribution in [0.15, 0.2) is 36.4 Å². The van der Waals surface area contributed by atoms with Gasteiger partial charge in [-0.05, 0) is 77.2 Å². The Kier molecular flexibility index (Phi) is 5.92. The number of hydrogen-bond donors (Lipinski definition) is 0. The average molecular weight is 382 g/mol. The Hall–Kier alpha value is -2.24. The van der Waals surface area contributed by atoms with Gasteiger partial charge in [0.25, 0.3) is 5.91 Å². The molecule has 0 aliphatic rings. The summed E-state index contributed by atoms with van der Waals surface area (Å²) < 4.78 is 1.13. The number of nitrogens with zero attached hydrogens (tertiary/aromatic N) is 3. The van der Waals surface area contributed by atoms with Gasteiger partial charge in [0.1, 0.15) is 0 Å². The van der Waals surface area contributed by atoms with E-state index in [1.54, 1.807) is 11.3 Å². The van der Waals surface area contributed by atoms with E-state index in [1.807, 2.05) is 36.1 Å². The SMILES string of the molecule is Cc1ccc(C(=O)N(CCCN(C)C)c2nc3c(C)c(C)ccc3s2)cc1. The number of aromatic nitrogens is 1. The van der Waals surface area contributed by atoms with E-state index >= 15 is 0 Å². The molecule has 0 atom stereocenters. The Labute approximate surface area is 165 Å². The summed E-state index contributed by atoms with van der Waals surface area (Å²) >= 11 is 1.59. The third kappa shape index (κ3) is 4.37. The molecule has 0 fully saturated rings. The highest BCUT2D eigenvalue weighted by Crippen LogP contribution is 2.32. The molecule has 0 spiro atoms. The normalized spacial score (nSPS) is 11.3. The average Bonchev–Trinajstić information content (AvgIpc) is 3.06. The van der Waals surface area contributed by atoms with Crippen LogP contribution in [0.5, 0.6) is 0 Å². The maximum absolute atomic E-state index is 13.2. The first-order valence-corrected chi connectivity index (χ1v) is 10.1. The zero-order chi connectivity index (χ0) is 19.6. The van der Waals surface area contributed by atoms with Gasteiger partial charge in [-0.3, -0.25) is 9.69 Å². The van der Waals surface area contributed by atoms with Crippen LogP contribution in [0.25, 0.3) is 10.2 Å². The first kappa shape index (κ1) is 19.5. The molecule has 0 bridgehead atoms. The maximum atomic E-state index is 13.2. The molecule has 1 amide bonds. The summed E-state index contributed by atoms with van der Waals surface area (Å²) in [5.74, 6) is 0.0159. The lowest BCUT2D eigenvalue weighted by atomic mass is 10.1. The quantitative estimate of drug-likeness (QED) is 0.614. The van der Waals surface area contributed by atoms with E-state index < -0.39 is 0 Å². The third-order valence-corrected chi connectivity index (χ3v) is 5.88. The lowest BCUT2D eigenvalue weighted by molar-refractivity contribution is 0.0986. The molecule has 1 heterocycles. The van der Waals surface area contributed by atoms with Gasteiger partial charge in [-0.25, -0.2) is 4.98 Å². The van der Waals surface area contributed by atoms with Crippen molar-refractivity contribution in [2.45, 2.75) is 27.2 Å². The first-order valence-electron chi connectivity index (χ1n) is 9.27. The number of rotatable bonds is 6. The van der Waals surface area contributed by atoms with Crippen molar-refractivity contribution >= 4 is 32.6 Å². The molecule has 4 nitrogen and oxygen atoms in total. The second-order valence-corrected chi connectivity index (χ2v) is 8.34. The number of amides is 1. The van der Waals surface area contributed by atoms with E-state index in [-0.39, 0.29) is 5.91 Å². The number of aryl methyl sites for hydroxylation is 3. The highest BCUT2D eigenvalue weighted by atomic mass is 32.1. The van der Waals surface area contributed by atoms with Crippen molar-refractivity contribution < 1.29 is 4.79 Å². The van der Waals surface area contributed by atoms with E-state index in [0.717, 1.165) is 33.9 Å². The highest BCUT2D eigenvalue weighted by Gasteiger charge is 2.21. The van der Waals surface area contributed by atoms with Gasteiger partial charge in [0.05, 0.1) is 10.2 Å². The van der Waals surface area contributed by atoms with Crippen LogP contribution in [0.2, 0.25) is 0 Å². The monoisotopic (exact) mass is 381 g/mol. The first-order chi connectivity index (χ1) is 12.9. The number of carbonyl (C=O) groups is 1. The van der Waals surface area contributed by atoms with Crippen molar-refractivity contribution in [1.82, 2.24) is 9.88 Å². The number of anilines is 1. The molecular weight excluding hydrogens is 354 g/mol. The van der Waals surface area contributed by atoms with Gasteiger partial charge in [0.15, 0.2) is 5.13 Å². The van der Waals surface area contributed by atoms with E-state index in [1.165, 1.54) is 11.1 Å². The van der Waals surface area contributed by atoms with Gasteiger partial charge in [0.2, 0.25) is 0 Å². The molecule has 2 aromatic carbocycles. The minimum atomic E-state index is 0.0159. The van der Waals surface area contributed by atoms with Crippen molar-refractivity contribution in [3.8, 4) is 0 Å². The van der Waals surface area contributed by atoms with Crippen molar-refractivity contribution in [2.24, 2.45) is 0 Å². The van der Waals surface area contributed by atoms with E-state index in [4.69, 9.17) is 4.98 Å². The van der Waals surface area contributed by atoms with E-state index in [2.05, 4.69) is 45.0 Å². The number of fused-ring (bicyclic) bond motifs is 1. The molecule has 5 heteroatoms. The predicted octanol–water partition coefficient (Wildman–Crippen LogP) is 4.82. The van der Waals surface area contributed by atoms with Gasteiger partial charge in [-0.2, -0.15) is 0 Å². The number of hydrogen-bond acceptors (Lipinski definition) is 4. The molecule has 0 radical (unpaired) electrons. The van der Waals surface area contributed by atoms with Crippen LogP contribution in [0.1, 0.15) is 33.5 Å². The van der Waals surface area contributed by atoms with Crippen LogP contribution in [-0.4, -0.2) is 43.0 Å². The summed E-state index contributed by atoms with van der Waals surface area (Å²) in [5, 5.41) is 0.781. The van der Waals surface area contributed by atoms with Crippen LogP contribution in [0.4, 0.5) is 5.13 Å². The van der Waals surface area contributed by atoms with Crippen LogP contribution in [-0.2, 0) is 0 Å². The molecule has 0 saturated carbocycles. The fourth-order valence-electron chi connectivity index (χ4n) is 3.01. The largest absolute Gasteiger partial charge is 0.309 e. The smallest absolute Gasteiger partial charge is 0.260 e. The fraction of sp³-hybridized carbons (Fsp3) is 0.364. The van der Waals surface area contributed by atoms with Crippen LogP contribution in [0.3, 0.4) is 0 Å². The lowest BCUT2D eigenvalue weighted by Crippen LogP contribution is -2.33. The second-order valence-electron chi connectivity index (χ2n) is 7.33. The summed E-state index contributed by atoms with van der Waals surface area (Å²) in [6.07, 6.45) is 0.901. The molecule has 142 valence electrons. The molecule has 1 aromatic heterocycles. The molecule has 0 aliphatic heterocycles. The van der Waals surface area contributed by atoms with Crippen LogP contribution < -0.4 is 4.90 Å². The van der Waals surface area contributed by atoms with Gasteiger partial charge < -0.3 is 4.90 Å². The van der Waals surface area contributed by atoms with Gasteiger partial charge in [0, 0.05) is 12.1 Å². The predicted molar refractivity (Wildman–Crippen MR) is 115 cm³/mol. The Bertz CT molecular complexity index is 944. The van der Waals surface area contributed by atoms with Gasteiger partial charge in [-0.1, -0.05) is 35.1 Å². The molecule has 0 saturated heterocycles. The van der Waals surface area contributed by atoms with Gasteiger partial charge >= 0.3 is 0 Å². The number of thiazole rings is 1. The molecule has 0 N–H and O–H groups in total. The Balaban J connectivity index is 1.97. The topological polar surface area (TPSA) is 36.4 Å². The fourth-order valence-corrected chi connectivity index (χ4v) is 4.06. The zero-order valence-electron chi connectivity index (χ0n) is 16.7.